The minimum atomic E-state index is -3.87. The fourth-order valence-electron chi connectivity index (χ4n) is 4.16. The number of aromatic nitrogens is 2. The predicted octanol–water partition coefficient (Wildman–Crippen LogP) is 1.79. The van der Waals surface area contributed by atoms with E-state index in [1.807, 2.05) is 0 Å². The molecule has 1 fully saturated rings. The summed E-state index contributed by atoms with van der Waals surface area (Å²) >= 11 is 1.17. The van der Waals surface area contributed by atoms with Crippen molar-refractivity contribution in [3.8, 4) is 0 Å². The van der Waals surface area contributed by atoms with E-state index in [1.165, 1.54) is 45.0 Å². The molecule has 0 aromatic carbocycles. The second-order valence-corrected chi connectivity index (χ2v) is 11.1. The average molecular weight is 481 g/mol. The lowest BCUT2D eigenvalue weighted by Crippen LogP contribution is -2.41. The summed E-state index contributed by atoms with van der Waals surface area (Å²) in [5, 5.41) is 2.91. The van der Waals surface area contributed by atoms with Gasteiger partial charge in [-0.1, -0.05) is 11.6 Å². The molecule has 11 heteroatoms. The molecule has 1 aliphatic carbocycles. The first kappa shape index (κ1) is 23.1. The van der Waals surface area contributed by atoms with E-state index in [1.54, 1.807) is 6.92 Å². The number of sulfonamides is 1. The van der Waals surface area contributed by atoms with Gasteiger partial charge in [-0.05, 0) is 39.0 Å². The van der Waals surface area contributed by atoms with Gasteiger partial charge in [-0.15, -0.1) is 11.3 Å². The Balaban J connectivity index is 1.54. The van der Waals surface area contributed by atoms with E-state index in [-0.39, 0.29) is 35.8 Å². The van der Waals surface area contributed by atoms with E-state index < -0.39 is 15.6 Å². The van der Waals surface area contributed by atoms with Gasteiger partial charge in [0.15, 0.2) is 0 Å². The summed E-state index contributed by atoms with van der Waals surface area (Å²) in [7, 11) is -3.87. The van der Waals surface area contributed by atoms with E-state index >= 15 is 0 Å². The summed E-state index contributed by atoms with van der Waals surface area (Å²) in [6.07, 6.45) is 8.95. The fourth-order valence-corrected chi connectivity index (χ4v) is 7.23. The number of fused-ring (bicyclic) bond motifs is 1. The number of rotatable bonds is 7. The van der Waals surface area contributed by atoms with Crippen molar-refractivity contribution in [2.45, 2.75) is 50.5 Å². The molecule has 0 spiro atoms. The monoisotopic (exact) mass is 480 g/mol. The molecule has 3 heterocycles. The van der Waals surface area contributed by atoms with Crippen molar-refractivity contribution in [3.05, 3.63) is 33.2 Å². The molecule has 4 rings (SSSR count). The summed E-state index contributed by atoms with van der Waals surface area (Å²) in [4.78, 5) is 30.7. The van der Waals surface area contributed by atoms with Crippen LogP contribution in [-0.2, 0) is 26.1 Å². The maximum atomic E-state index is 13.3. The highest BCUT2D eigenvalue weighted by Crippen LogP contribution is 2.33. The highest BCUT2D eigenvalue weighted by molar-refractivity contribution is 7.89. The number of thiophene rings is 1. The van der Waals surface area contributed by atoms with E-state index in [0.717, 1.165) is 19.3 Å². The molecule has 32 heavy (non-hydrogen) atoms. The smallest absolute Gasteiger partial charge is 0.263 e. The number of amides is 1. The van der Waals surface area contributed by atoms with Gasteiger partial charge in [0.2, 0.25) is 15.9 Å². The number of carbonyl (C=O) groups excluding carboxylic acids is 1. The van der Waals surface area contributed by atoms with Crippen molar-refractivity contribution in [2.75, 3.05) is 32.8 Å². The number of morpholine rings is 1. The molecule has 1 amide bonds. The van der Waals surface area contributed by atoms with Crippen LogP contribution in [0.15, 0.2) is 27.7 Å². The number of aryl methyl sites for hydroxylation is 1. The minimum Gasteiger partial charge on any atom is -0.379 e. The molecule has 1 saturated heterocycles. The lowest BCUT2D eigenvalue weighted by molar-refractivity contribution is -0.121. The maximum absolute atomic E-state index is 13.3. The molecule has 2 aromatic heterocycles. The third-order valence-corrected chi connectivity index (χ3v) is 9.05. The van der Waals surface area contributed by atoms with Crippen LogP contribution in [0.2, 0.25) is 0 Å². The first-order chi connectivity index (χ1) is 15.4. The Hall–Kier alpha value is -2.08. The second kappa shape index (κ2) is 9.82. The van der Waals surface area contributed by atoms with Gasteiger partial charge in [-0.2, -0.15) is 4.31 Å². The number of allylic oxidation sites excluding steroid dienone is 1. The van der Waals surface area contributed by atoms with Gasteiger partial charge in [0, 0.05) is 24.5 Å². The van der Waals surface area contributed by atoms with Crippen LogP contribution in [0, 0.1) is 6.92 Å². The lowest BCUT2D eigenvalue weighted by Gasteiger charge is -2.26. The standard InChI is InChI=1S/C21H28N4O5S2/c1-15-19(32(28,29)25-9-11-30-12-10-25)18-20(31-15)23-14-24(21(18)27)13-17(26)22-8-7-16-5-3-2-4-6-16/h5,14H,2-4,6-13H2,1H3,(H,22,26). The molecule has 0 unspecified atom stereocenters. The Labute approximate surface area is 191 Å². The number of hydrogen-bond acceptors (Lipinski definition) is 7. The van der Waals surface area contributed by atoms with Crippen molar-refractivity contribution in [2.24, 2.45) is 0 Å². The van der Waals surface area contributed by atoms with Crippen LogP contribution in [-0.4, -0.2) is 61.0 Å². The molecule has 0 bridgehead atoms. The maximum Gasteiger partial charge on any atom is 0.263 e. The molecule has 0 radical (unpaired) electrons. The Morgan fingerprint density at radius 3 is 2.78 bits per heavy atom. The molecular formula is C21H28N4O5S2. The number of ether oxygens (including phenoxy) is 1. The summed E-state index contributed by atoms with van der Waals surface area (Å²) in [6.45, 7) is 3.12. The fraction of sp³-hybridized carbons (Fsp3) is 0.571. The van der Waals surface area contributed by atoms with Crippen molar-refractivity contribution in [1.29, 1.82) is 0 Å². The number of nitrogens with zero attached hydrogens (tertiary/aromatic N) is 3. The van der Waals surface area contributed by atoms with E-state index in [9.17, 15) is 18.0 Å². The molecular weight excluding hydrogens is 452 g/mol. The van der Waals surface area contributed by atoms with Gasteiger partial charge >= 0.3 is 0 Å². The zero-order valence-corrected chi connectivity index (χ0v) is 19.8. The van der Waals surface area contributed by atoms with Crippen molar-refractivity contribution in [1.82, 2.24) is 19.2 Å². The molecule has 0 atom stereocenters. The van der Waals surface area contributed by atoms with Gasteiger partial charge < -0.3 is 10.1 Å². The van der Waals surface area contributed by atoms with Gasteiger partial charge in [0.25, 0.3) is 5.56 Å². The summed E-state index contributed by atoms with van der Waals surface area (Å²) < 4.78 is 34.3. The van der Waals surface area contributed by atoms with Gasteiger partial charge in [0.05, 0.1) is 24.9 Å². The van der Waals surface area contributed by atoms with E-state index in [4.69, 9.17) is 4.74 Å². The zero-order valence-electron chi connectivity index (χ0n) is 18.1. The topological polar surface area (TPSA) is 111 Å². The number of nitrogens with one attached hydrogen (secondary N) is 1. The molecule has 2 aliphatic rings. The average Bonchev–Trinajstić information content (AvgIpc) is 3.14. The summed E-state index contributed by atoms with van der Waals surface area (Å²) in [5.41, 5.74) is 0.847. The third-order valence-electron chi connectivity index (χ3n) is 5.83. The van der Waals surface area contributed by atoms with Crippen molar-refractivity contribution in [3.63, 3.8) is 0 Å². The van der Waals surface area contributed by atoms with Gasteiger partial charge in [-0.3, -0.25) is 14.2 Å². The molecule has 1 aliphatic heterocycles. The highest BCUT2D eigenvalue weighted by atomic mass is 32.2. The molecule has 0 saturated carbocycles. The first-order valence-electron chi connectivity index (χ1n) is 10.9. The van der Waals surface area contributed by atoms with Crippen LogP contribution in [0.5, 0.6) is 0 Å². The number of carbonyl (C=O) groups is 1. The molecule has 9 nitrogen and oxygen atoms in total. The highest BCUT2D eigenvalue weighted by Gasteiger charge is 2.32. The van der Waals surface area contributed by atoms with Gasteiger partial charge in [0.1, 0.15) is 16.3 Å². The van der Waals surface area contributed by atoms with E-state index in [0.29, 0.717) is 29.5 Å². The minimum absolute atomic E-state index is 0.00380. The Bertz CT molecular complexity index is 1190. The van der Waals surface area contributed by atoms with Crippen LogP contribution in [0.25, 0.3) is 10.2 Å². The zero-order chi connectivity index (χ0) is 22.7. The quantitative estimate of drug-likeness (QED) is 0.605. The first-order valence-corrected chi connectivity index (χ1v) is 13.1. The molecule has 174 valence electrons. The van der Waals surface area contributed by atoms with Crippen molar-refractivity contribution < 1.29 is 17.9 Å². The predicted molar refractivity (Wildman–Crippen MR) is 122 cm³/mol. The van der Waals surface area contributed by atoms with Crippen LogP contribution in [0.4, 0.5) is 0 Å². The van der Waals surface area contributed by atoms with Crippen LogP contribution in [0.3, 0.4) is 0 Å². The third kappa shape index (κ3) is 4.80. The van der Waals surface area contributed by atoms with Crippen LogP contribution in [0.1, 0.15) is 37.0 Å². The van der Waals surface area contributed by atoms with Crippen molar-refractivity contribution >= 4 is 37.5 Å². The Kier molecular flexibility index (Phi) is 7.08. The summed E-state index contributed by atoms with van der Waals surface area (Å²) in [6, 6.07) is 0. The normalized spacial score (nSPS) is 18.0. The van der Waals surface area contributed by atoms with E-state index in [2.05, 4.69) is 16.4 Å². The van der Waals surface area contributed by atoms with Crippen LogP contribution < -0.4 is 10.9 Å². The molecule has 1 N–H and O–H groups in total. The molecule has 2 aromatic rings. The Morgan fingerprint density at radius 2 is 2.06 bits per heavy atom. The second-order valence-electron chi connectivity index (χ2n) is 8.07. The largest absolute Gasteiger partial charge is 0.379 e. The van der Waals surface area contributed by atoms with Gasteiger partial charge in [-0.25, -0.2) is 13.4 Å². The lowest BCUT2D eigenvalue weighted by atomic mass is 9.97. The SMILES string of the molecule is Cc1sc2ncn(CC(=O)NCCC3=CCCCC3)c(=O)c2c1S(=O)(=O)N1CCOCC1. The number of hydrogen-bond donors (Lipinski definition) is 1. The van der Waals surface area contributed by atoms with Crippen LogP contribution >= 0.6 is 11.3 Å². The summed E-state index contributed by atoms with van der Waals surface area (Å²) in [5.74, 6) is -0.297. The Morgan fingerprint density at radius 1 is 1.28 bits per heavy atom.